The minimum absolute atomic E-state index is 0.166. The number of sulfonamides is 1. The van der Waals surface area contributed by atoms with Gasteiger partial charge in [-0.3, -0.25) is 4.72 Å². The largest absolute Gasteiger partial charge is 0.308 e. The molecule has 0 aliphatic carbocycles. The van der Waals surface area contributed by atoms with Crippen molar-refractivity contribution in [1.82, 2.24) is 4.98 Å². The molecule has 0 unspecified atom stereocenters. The first kappa shape index (κ1) is 14.2. The molecule has 0 atom stereocenters. The summed E-state index contributed by atoms with van der Waals surface area (Å²) in [6.45, 7) is 0. The molecule has 9 heteroatoms. The molecule has 1 aromatic carbocycles. The van der Waals surface area contributed by atoms with Crippen LogP contribution in [0.4, 0.5) is 20.3 Å². The van der Waals surface area contributed by atoms with E-state index in [1.807, 2.05) is 0 Å². The first-order valence-corrected chi connectivity index (χ1v) is 6.80. The van der Waals surface area contributed by atoms with Crippen molar-refractivity contribution in [3.63, 3.8) is 0 Å². The number of hydrogen-bond donors (Lipinski definition) is 3. The number of nitrogens with one attached hydrogen (secondary N) is 2. The topological polar surface area (TPSA) is 97.1 Å². The Labute approximate surface area is 113 Å². The molecule has 2 aromatic rings. The maximum absolute atomic E-state index is 13.0. The van der Waals surface area contributed by atoms with Crippen LogP contribution >= 0.6 is 0 Å². The summed E-state index contributed by atoms with van der Waals surface area (Å²) in [7, 11) is -3.99. The van der Waals surface area contributed by atoms with Crippen molar-refractivity contribution in [2.24, 2.45) is 5.84 Å². The van der Waals surface area contributed by atoms with E-state index in [0.29, 0.717) is 6.07 Å². The van der Waals surface area contributed by atoms with E-state index >= 15 is 0 Å². The van der Waals surface area contributed by atoms with Crippen molar-refractivity contribution in [3.8, 4) is 0 Å². The van der Waals surface area contributed by atoms with Crippen molar-refractivity contribution in [2.75, 3.05) is 10.1 Å². The van der Waals surface area contributed by atoms with Crippen molar-refractivity contribution in [2.45, 2.75) is 4.90 Å². The molecule has 0 aliphatic heterocycles. The second-order valence-electron chi connectivity index (χ2n) is 3.79. The van der Waals surface area contributed by atoms with Gasteiger partial charge in [-0.2, -0.15) is 0 Å². The second kappa shape index (κ2) is 5.39. The predicted molar refractivity (Wildman–Crippen MR) is 69.2 cm³/mol. The molecule has 0 saturated heterocycles. The lowest BCUT2D eigenvalue weighted by molar-refractivity contribution is 0.584. The minimum Gasteiger partial charge on any atom is -0.308 e. The maximum Gasteiger partial charge on any atom is 0.263 e. The lowest BCUT2D eigenvalue weighted by atomic mass is 10.3. The molecule has 0 saturated carbocycles. The molecule has 106 valence electrons. The lowest BCUT2D eigenvalue weighted by Crippen LogP contribution is -2.14. The Kier molecular flexibility index (Phi) is 3.81. The Morgan fingerprint density at radius 1 is 1.10 bits per heavy atom. The summed E-state index contributed by atoms with van der Waals surface area (Å²) in [5.41, 5.74) is 2.03. The molecular formula is C11H10F2N4O2S. The number of anilines is 2. The van der Waals surface area contributed by atoms with Crippen molar-refractivity contribution >= 4 is 21.5 Å². The Balaban J connectivity index is 2.30. The normalized spacial score (nSPS) is 11.2. The van der Waals surface area contributed by atoms with Crippen LogP contribution in [0.1, 0.15) is 0 Å². The molecule has 1 aromatic heterocycles. The third-order valence-corrected chi connectivity index (χ3v) is 3.68. The molecule has 2 rings (SSSR count). The fourth-order valence-electron chi connectivity index (χ4n) is 1.45. The standard InChI is InChI=1S/C11H10F2N4O2S/c12-7-3-8(13)5-9(4-7)17-20(18,19)10-1-2-11(16-14)15-6-10/h1-6,17H,14H2,(H,15,16). The number of rotatable bonds is 4. The van der Waals surface area contributed by atoms with Crippen LogP contribution in [0, 0.1) is 11.6 Å². The summed E-state index contributed by atoms with van der Waals surface area (Å²) in [5, 5.41) is 0. The molecule has 0 amide bonds. The van der Waals surface area contributed by atoms with Crippen LogP contribution in [0.15, 0.2) is 41.4 Å². The van der Waals surface area contributed by atoms with Gasteiger partial charge < -0.3 is 5.43 Å². The lowest BCUT2D eigenvalue weighted by Gasteiger charge is -2.08. The zero-order chi connectivity index (χ0) is 14.8. The van der Waals surface area contributed by atoms with Crippen LogP contribution in [0.25, 0.3) is 0 Å². The van der Waals surface area contributed by atoms with E-state index in [-0.39, 0.29) is 16.4 Å². The van der Waals surface area contributed by atoms with Gasteiger partial charge in [0.15, 0.2) is 0 Å². The van der Waals surface area contributed by atoms with E-state index in [1.54, 1.807) is 0 Å². The number of benzene rings is 1. The Bertz CT molecular complexity index is 699. The number of nitrogens with zero attached hydrogens (tertiary/aromatic N) is 1. The maximum atomic E-state index is 13.0. The van der Waals surface area contributed by atoms with E-state index in [0.717, 1.165) is 18.3 Å². The number of nitrogen functional groups attached to an aromatic ring is 1. The van der Waals surface area contributed by atoms with E-state index in [1.165, 1.54) is 12.1 Å². The summed E-state index contributed by atoms with van der Waals surface area (Å²) in [6.07, 6.45) is 1.06. The molecular weight excluding hydrogens is 290 g/mol. The van der Waals surface area contributed by atoms with Gasteiger partial charge in [0.25, 0.3) is 10.0 Å². The third-order valence-electron chi connectivity index (χ3n) is 2.31. The van der Waals surface area contributed by atoms with Crippen LogP contribution in [-0.2, 0) is 10.0 Å². The predicted octanol–water partition coefficient (Wildman–Crippen LogP) is 1.45. The Morgan fingerprint density at radius 3 is 2.25 bits per heavy atom. The number of halogens is 2. The van der Waals surface area contributed by atoms with Crippen LogP contribution in [0.2, 0.25) is 0 Å². The van der Waals surface area contributed by atoms with Gasteiger partial charge in [0.05, 0.1) is 5.69 Å². The SMILES string of the molecule is NNc1ccc(S(=O)(=O)Nc2cc(F)cc(F)c2)cn1. The zero-order valence-electron chi connectivity index (χ0n) is 9.97. The quantitative estimate of drug-likeness (QED) is 0.586. The first-order chi connectivity index (χ1) is 9.40. The highest BCUT2D eigenvalue weighted by Crippen LogP contribution is 2.18. The van der Waals surface area contributed by atoms with Gasteiger partial charge in [-0.05, 0) is 24.3 Å². The highest BCUT2D eigenvalue weighted by atomic mass is 32.2. The van der Waals surface area contributed by atoms with Gasteiger partial charge in [-0.1, -0.05) is 0 Å². The first-order valence-electron chi connectivity index (χ1n) is 5.32. The van der Waals surface area contributed by atoms with Crippen LogP contribution in [0.3, 0.4) is 0 Å². The van der Waals surface area contributed by atoms with Crippen LogP contribution < -0.4 is 16.0 Å². The molecule has 0 radical (unpaired) electrons. The molecule has 20 heavy (non-hydrogen) atoms. The van der Waals surface area contributed by atoms with Crippen LogP contribution in [-0.4, -0.2) is 13.4 Å². The number of aromatic nitrogens is 1. The number of hydrogen-bond acceptors (Lipinski definition) is 5. The molecule has 6 nitrogen and oxygen atoms in total. The number of hydrazine groups is 1. The fraction of sp³-hybridized carbons (Fsp3) is 0. The number of pyridine rings is 1. The van der Waals surface area contributed by atoms with Gasteiger partial charge in [0, 0.05) is 12.3 Å². The fourth-order valence-corrected chi connectivity index (χ4v) is 2.44. The zero-order valence-corrected chi connectivity index (χ0v) is 10.8. The minimum atomic E-state index is -3.99. The van der Waals surface area contributed by atoms with Crippen molar-refractivity contribution < 1.29 is 17.2 Å². The van der Waals surface area contributed by atoms with Crippen LogP contribution in [0.5, 0.6) is 0 Å². The highest BCUT2D eigenvalue weighted by molar-refractivity contribution is 7.92. The highest BCUT2D eigenvalue weighted by Gasteiger charge is 2.15. The average Bonchev–Trinajstić information content (AvgIpc) is 2.37. The van der Waals surface area contributed by atoms with Gasteiger partial charge >= 0.3 is 0 Å². The third kappa shape index (κ3) is 3.19. The van der Waals surface area contributed by atoms with Gasteiger partial charge in [-0.15, -0.1) is 0 Å². The van der Waals surface area contributed by atoms with E-state index in [9.17, 15) is 17.2 Å². The monoisotopic (exact) mass is 300 g/mol. The van der Waals surface area contributed by atoms with E-state index in [2.05, 4.69) is 15.1 Å². The molecule has 0 fully saturated rings. The molecule has 4 N–H and O–H groups in total. The molecule has 0 bridgehead atoms. The second-order valence-corrected chi connectivity index (χ2v) is 5.47. The summed E-state index contributed by atoms with van der Waals surface area (Å²) >= 11 is 0. The summed E-state index contributed by atoms with van der Waals surface area (Å²) in [5.74, 6) is 3.61. The van der Waals surface area contributed by atoms with E-state index in [4.69, 9.17) is 5.84 Å². The Morgan fingerprint density at radius 2 is 1.75 bits per heavy atom. The summed E-state index contributed by atoms with van der Waals surface area (Å²) in [6, 6.07) is 4.97. The molecule has 1 heterocycles. The number of nitrogens with two attached hydrogens (primary N) is 1. The Hall–Kier alpha value is -2.26. The summed E-state index contributed by atoms with van der Waals surface area (Å²) in [4.78, 5) is 3.57. The smallest absolute Gasteiger partial charge is 0.263 e. The summed E-state index contributed by atoms with van der Waals surface area (Å²) < 4.78 is 52.0. The van der Waals surface area contributed by atoms with E-state index < -0.39 is 21.7 Å². The molecule has 0 aliphatic rings. The van der Waals surface area contributed by atoms with Gasteiger partial charge in [0.2, 0.25) is 0 Å². The molecule has 0 spiro atoms. The van der Waals surface area contributed by atoms with Crippen molar-refractivity contribution in [1.29, 1.82) is 0 Å². The van der Waals surface area contributed by atoms with Crippen molar-refractivity contribution in [3.05, 3.63) is 48.2 Å². The van der Waals surface area contributed by atoms with Gasteiger partial charge in [-0.25, -0.2) is 28.0 Å². The average molecular weight is 300 g/mol. The van der Waals surface area contributed by atoms with Gasteiger partial charge in [0.1, 0.15) is 22.3 Å².